The minimum absolute atomic E-state index is 0.0789. The number of hydrogen-bond acceptors (Lipinski definition) is 16. The van der Waals surface area contributed by atoms with Crippen LogP contribution in [0.2, 0.25) is 0 Å². The first kappa shape index (κ1) is 60.0. The summed E-state index contributed by atoms with van der Waals surface area (Å²) in [4.78, 5) is 143. The molecule has 27 nitrogen and oxygen atoms in total. The number of likely N-dealkylation sites (tertiary alicyclic amines) is 1. The third-order valence-electron chi connectivity index (χ3n) is 14.7. The number of amides is 10. The van der Waals surface area contributed by atoms with Gasteiger partial charge in [0.05, 0.1) is 60.4 Å². The van der Waals surface area contributed by atoms with Crippen molar-refractivity contribution < 1.29 is 72.6 Å². The van der Waals surface area contributed by atoms with Gasteiger partial charge in [0.25, 0.3) is 4.82 Å². The second kappa shape index (κ2) is 26.9. The van der Waals surface area contributed by atoms with Crippen molar-refractivity contribution in [3.05, 3.63) is 23.3 Å². The van der Waals surface area contributed by atoms with Crippen LogP contribution in [0.25, 0.3) is 10.9 Å². The molecule has 0 aliphatic carbocycles. The third kappa shape index (κ3) is 15.3. The molecule has 15 N–H and O–H groups in total. The van der Waals surface area contributed by atoms with E-state index >= 15 is 4.21 Å². The van der Waals surface area contributed by atoms with Crippen LogP contribution >= 0.6 is 15.9 Å². The maximum atomic E-state index is 15.2. The van der Waals surface area contributed by atoms with Gasteiger partial charge >= 0.3 is 0 Å². The molecule has 2 fully saturated rings. The molecule has 10 amide bonds. The first-order valence-corrected chi connectivity index (χ1v) is 27.6. The van der Waals surface area contributed by atoms with E-state index in [0.717, 1.165) is 24.2 Å². The number of aromatic nitrogens is 1. The number of rotatable bonds is 12. The monoisotopic (exact) mass is 1160 g/mol. The number of benzene rings is 1. The number of aliphatic hydroxyl groups excluding tert-OH is 3. The molecule has 2 bridgehead atoms. The molecule has 4 aliphatic rings. The molecule has 0 saturated carbocycles. The Labute approximate surface area is 453 Å². The average Bonchev–Trinajstić information content (AvgIpc) is 4.00. The second-order valence-corrected chi connectivity index (χ2v) is 22.3. The Morgan fingerprint density at radius 1 is 0.883 bits per heavy atom. The van der Waals surface area contributed by atoms with Crippen LogP contribution in [0.3, 0.4) is 0 Å². The van der Waals surface area contributed by atoms with Crippen molar-refractivity contribution in [2.45, 2.75) is 126 Å². The van der Waals surface area contributed by atoms with E-state index < -0.39 is 176 Å². The molecule has 6 rings (SSSR count). The number of nitrogens with one attached hydrogen (secondary N) is 9. The van der Waals surface area contributed by atoms with E-state index in [1.165, 1.54) is 19.1 Å². The van der Waals surface area contributed by atoms with Crippen LogP contribution in [0.1, 0.15) is 70.4 Å². The number of aliphatic hydroxyl groups is 3. The number of nitrogens with zero attached hydrogens (tertiary/aromatic N) is 2. The van der Waals surface area contributed by atoms with E-state index in [0.29, 0.717) is 37.5 Å². The van der Waals surface area contributed by atoms with Gasteiger partial charge in [0.2, 0.25) is 53.2 Å². The van der Waals surface area contributed by atoms with Crippen LogP contribution in [0.4, 0.5) is 4.79 Å². The molecule has 11 atom stereocenters. The highest BCUT2D eigenvalue weighted by Crippen LogP contribution is 2.35. The van der Waals surface area contributed by atoms with E-state index in [2.05, 4.69) is 68.3 Å². The van der Waals surface area contributed by atoms with E-state index in [1.807, 2.05) is 0 Å². The quantitative estimate of drug-likeness (QED) is 0.0708. The zero-order chi connectivity index (χ0) is 56.4. The van der Waals surface area contributed by atoms with Crippen molar-refractivity contribution >= 4 is 95.6 Å². The largest absolute Gasteiger partial charge is 0.508 e. The lowest BCUT2D eigenvalue weighted by Gasteiger charge is -2.32. The molecule has 424 valence electrons. The maximum Gasteiger partial charge on any atom is 0.287 e. The SMILES string of the molecule is CC[C@H](C)[C@@H]1NC(=O)CNC(=O)[C@H]2Cc3c([nH]c4c(CN5CCC(CCNC(=O)Br)CC5)c(O)ccc34)S(=O)C[C@@H](NC(=O)CNC1=O)C(=O)N[C@@H](CC(N)=O)C(=O)N1C[C@H](O)C[C@H]1C(=O)N[C@@H]([C@H](C)[C@H](O)CO)C(=O)N2. The highest BCUT2D eigenvalue weighted by molar-refractivity contribution is 9.18. The number of carbonyl (C=O) groups is 10. The molecule has 1 aromatic carbocycles. The van der Waals surface area contributed by atoms with Crippen LogP contribution in [0.5, 0.6) is 5.75 Å². The summed E-state index contributed by atoms with van der Waals surface area (Å²) in [7, 11) is -2.46. The smallest absolute Gasteiger partial charge is 0.287 e. The number of H-pyrrole nitrogens is 1. The number of nitrogens with two attached hydrogens (primary N) is 1. The minimum atomic E-state index is -2.46. The average molecular weight is 1170 g/mol. The molecule has 29 heteroatoms. The van der Waals surface area contributed by atoms with Crippen LogP contribution < -0.4 is 48.3 Å². The van der Waals surface area contributed by atoms with Crippen LogP contribution in [-0.2, 0) is 66.9 Å². The summed E-state index contributed by atoms with van der Waals surface area (Å²) < 4.78 is 15.2. The normalized spacial score (nSPS) is 27.3. The van der Waals surface area contributed by atoms with Gasteiger partial charge in [-0.2, -0.15) is 0 Å². The number of piperidine rings is 1. The lowest BCUT2D eigenvalue weighted by molar-refractivity contribution is -0.144. The van der Waals surface area contributed by atoms with E-state index in [4.69, 9.17) is 5.73 Å². The Balaban J connectivity index is 1.54. The number of phenols is 1. The standard InChI is InChI=1S/C48H69BrN12O15S/c1-4-22(2)38-44(72)53-16-36(67)54-31-21-77(76)46-27(26-5-6-33(64)28(40(26)59-46)19-60-11-8-24(9-12-60)7-10-51-48(49)75)14-29(41(69)52-17-37(68)57-38)55-45(73)39(23(3)34(65)20-62)58-43(71)32-13-25(63)18-61(32)47(74)30(15-35(50)66)56-42(31)70/h5-6,22-25,29-32,34,38-39,59,62-65H,4,7-21H2,1-3H3,(H2,50,66)(H,51,75)(H,52,69)(H,53,72)(H,54,67)(H,55,73)(H,56,70)(H,57,68)(H,58,71)/t22-,23+,25+,29+,30-,31+,32-,34+,38-,39-,77?/m0/s1. The molecule has 0 spiro atoms. The van der Waals surface area contributed by atoms with E-state index in [9.17, 15) is 68.4 Å². The molecule has 77 heavy (non-hydrogen) atoms. The van der Waals surface area contributed by atoms with Gasteiger partial charge in [-0.15, -0.1) is 0 Å². The van der Waals surface area contributed by atoms with Gasteiger partial charge in [-0.3, -0.25) is 57.1 Å². The van der Waals surface area contributed by atoms with Gasteiger partial charge in [0.15, 0.2) is 0 Å². The lowest BCUT2D eigenvalue weighted by atomic mass is 9.93. The van der Waals surface area contributed by atoms with Crippen molar-refractivity contribution in [2.75, 3.05) is 51.6 Å². The van der Waals surface area contributed by atoms with Crippen molar-refractivity contribution in [2.24, 2.45) is 23.5 Å². The topological polar surface area (TPSA) is 413 Å². The van der Waals surface area contributed by atoms with Gasteiger partial charge in [0, 0.05) is 65.3 Å². The molecule has 1 unspecified atom stereocenters. The Kier molecular flexibility index (Phi) is 20.9. The zero-order valence-electron chi connectivity index (χ0n) is 42.9. The fourth-order valence-electron chi connectivity index (χ4n) is 10.0. The summed E-state index contributed by atoms with van der Waals surface area (Å²) in [6.07, 6.45) is -2.29. The first-order chi connectivity index (χ1) is 36.5. The number of aromatic amines is 1. The molecule has 2 aromatic rings. The molecule has 0 radical (unpaired) electrons. The van der Waals surface area contributed by atoms with Crippen LogP contribution in [-0.4, -0.2) is 197 Å². The number of primary amides is 1. The van der Waals surface area contributed by atoms with Gasteiger partial charge in [-0.25, -0.2) is 0 Å². The predicted molar refractivity (Wildman–Crippen MR) is 277 cm³/mol. The first-order valence-electron chi connectivity index (χ1n) is 25.5. The summed E-state index contributed by atoms with van der Waals surface area (Å²) in [6.45, 7) is 3.50. The lowest BCUT2D eigenvalue weighted by Crippen LogP contribution is -2.62. The Morgan fingerprint density at radius 3 is 2.21 bits per heavy atom. The summed E-state index contributed by atoms with van der Waals surface area (Å²) in [6, 6.07) is -7.29. The molecule has 4 aliphatic heterocycles. The van der Waals surface area contributed by atoms with Gasteiger partial charge < -0.3 is 78.6 Å². The summed E-state index contributed by atoms with van der Waals surface area (Å²) >= 11 is 2.87. The van der Waals surface area contributed by atoms with Crippen molar-refractivity contribution in [1.82, 2.24) is 57.3 Å². The molecular weight excluding hydrogens is 1100 g/mol. The Hall–Kier alpha value is -6.27. The van der Waals surface area contributed by atoms with Crippen LogP contribution in [0.15, 0.2) is 17.2 Å². The number of phenolic OH excluding ortho intramolecular Hbond substituents is 1. The predicted octanol–water partition coefficient (Wildman–Crippen LogP) is -4.21. The highest BCUT2D eigenvalue weighted by atomic mass is 79.9. The van der Waals surface area contributed by atoms with Gasteiger partial charge in [0.1, 0.15) is 47.0 Å². The third-order valence-corrected chi connectivity index (χ3v) is 16.4. The maximum absolute atomic E-state index is 15.2. The summed E-state index contributed by atoms with van der Waals surface area (Å²) in [5, 5.41) is 63.5. The minimum Gasteiger partial charge on any atom is -0.508 e. The highest BCUT2D eigenvalue weighted by Gasteiger charge is 2.45. The number of aromatic hydroxyl groups is 1. The molecule has 5 heterocycles. The van der Waals surface area contributed by atoms with Crippen molar-refractivity contribution in [3.63, 3.8) is 0 Å². The number of hydrogen-bond donors (Lipinski definition) is 14. The Bertz CT molecular complexity index is 2620. The second-order valence-electron chi connectivity index (χ2n) is 20.1. The summed E-state index contributed by atoms with van der Waals surface area (Å²) in [5.41, 5.74) is 6.21. The van der Waals surface area contributed by atoms with Gasteiger partial charge in [-0.05, 0) is 61.9 Å². The molecule has 2 saturated heterocycles. The number of fused-ring (bicyclic) bond motifs is 5. The molecular formula is C48H69BrN12O15S. The fraction of sp³-hybridized carbons (Fsp3) is 0.625. The molecule has 1 aromatic heterocycles. The van der Waals surface area contributed by atoms with Gasteiger partial charge in [-0.1, -0.05) is 27.2 Å². The Morgan fingerprint density at radius 2 is 1.56 bits per heavy atom. The number of carbonyl (C=O) groups excluding carboxylic acids is 10. The van der Waals surface area contributed by atoms with Crippen molar-refractivity contribution in [1.29, 1.82) is 0 Å². The number of halogens is 1. The van der Waals surface area contributed by atoms with Crippen molar-refractivity contribution in [3.8, 4) is 5.75 Å². The van der Waals surface area contributed by atoms with E-state index in [1.54, 1.807) is 13.8 Å². The summed E-state index contributed by atoms with van der Waals surface area (Å²) in [5.74, 6) is -11.9. The van der Waals surface area contributed by atoms with E-state index in [-0.39, 0.29) is 38.6 Å². The zero-order valence-corrected chi connectivity index (χ0v) is 45.3. The fourth-order valence-corrected chi connectivity index (χ4v) is 11.6. The van der Waals surface area contributed by atoms with Crippen LogP contribution in [0, 0.1) is 17.8 Å².